The topological polar surface area (TPSA) is 38.4 Å². The fraction of sp³-hybridized carbons (Fsp3) is 0.333. The molecular formula is C12H14N2O. The van der Waals surface area contributed by atoms with E-state index in [1.54, 1.807) is 6.21 Å². The Bertz CT molecular complexity index is 423. The molecule has 0 saturated heterocycles. The second-order valence-corrected chi connectivity index (χ2v) is 3.89. The van der Waals surface area contributed by atoms with Crippen molar-refractivity contribution in [2.75, 3.05) is 0 Å². The Hall–Kier alpha value is -1.64. The van der Waals surface area contributed by atoms with Gasteiger partial charge in [-0.3, -0.25) is 0 Å². The Labute approximate surface area is 89.4 Å². The van der Waals surface area contributed by atoms with E-state index in [2.05, 4.69) is 4.99 Å². The van der Waals surface area contributed by atoms with Gasteiger partial charge in [-0.25, -0.2) is 4.99 Å². The molecule has 0 N–H and O–H groups in total. The minimum Gasteiger partial charge on any atom is -0.622 e. The summed E-state index contributed by atoms with van der Waals surface area (Å²) in [6.07, 6.45) is 2.28. The number of hydroxylamine groups is 1. The van der Waals surface area contributed by atoms with Crippen molar-refractivity contribution >= 4 is 11.9 Å². The average molecular weight is 202 g/mol. The molecule has 1 aliphatic heterocycles. The number of benzene rings is 1. The first-order valence-electron chi connectivity index (χ1n) is 5.12. The Morgan fingerprint density at radius 2 is 2.00 bits per heavy atom. The molecule has 15 heavy (non-hydrogen) atoms. The average Bonchev–Trinajstić information content (AvgIpc) is 2.58. The van der Waals surface area contributed by atoms with Crippen molar-refractivity contribution in [3.8, 4) is 0 Å². The third-order valence-electron chi connectivity index (χ3n) is 2.81. The second-order valence-electron chi connectivity index (χ2n) is 3.89. The van der Waals surface area contributed by atoms with Crippen LogP contribution >= 0.6 is 0 Å². The molecule has 0 spiro atoms. The van der Waals surface area contributed by atoms with Crippen LogP contribution in [0.15, 0.2) is 35.3 Å². The second kappa shape index (κ2) is 3.50. The van der Waals surface area contributed by atoms with E-state index in [0.29, 0.717) is 6.42 Å². The molecule has 0 saturated carbocycles. The van der Waals surface area contributed by atoms with Crippen LogP contribution in [0.4, 0.5) is 0 Å². The molecule has 78 valence electrons. The molecule has 0 aliphatic carbocycles. The minimum atomic E-state index is -0.620. The number of nitrogens with zero attached hydrogens (tertiary/aromatic N) is 2. The number of rotatable bonds is 2. The standard InChI is InChI=1S/C12H14N2O/c1-3-12(2)13-11(9-14(12)15)10-7-5-4-6-8-10/h4-9H,3H2,1-2H3. The lowest BCUT2D eigenvalue weighted by Crippen LogP contribution is -2.29. The molecule has 0 aromatic heterocycles. The van der Waals surface area contributed by atoms with E-state index in [4.69, 9.17) is 0 Å². The maximum atomic E-state index is 11.7. The number of aliphatic imine (C=N–C) groups is 1. The van der Waals surface area contributed by atoms with Crippen molar-refractivity contribution < 1.29 is 4.74 Å². The van der Waals surface area contributed by atoms with Crippen LogP contribution in [0.25, 0.3) is 0 Å². The summed E-state index contributed by atoms with van der Waals surface area (Å²) in [5, 5.41) is 11.7. The van der Waals surface area contributed by atoms with Crippen molar-refractivity contribution in [3.05, 3.63) is 41.1 Å². The monoisotopic (exact) mass is 202 g/mol. The highest BCUT2D eigenvalue weighted by molar-refractivity contribution is 6.37. The smallest absolute Gasteiger partial charge is 0.262 e. The third kappa shape index (κ3) is 1.65. The van der Waals surface area contributed by atoms with Crippen molar-refractivity contribution in [2.24, 2.45) is 4.99 Å². The summed E-state index contributed by atoms with van der Waals surface area (Å²) in [6, 6.07) is 9.77. The predicted octanol–water partition coefficient (Wildman–Crippen LogP) is 2.20. The summed E-state index contributed by atoms with van der Waals surface area (Å²) in [5.41, 5.74) is 1.15. The molecule has 3 heteroatoms. The van der Waals surface area contributed by atoms with Crippen LogP contribution in [0.2, 0.25) is 0 Å². The van der Waals surface area contributed by atoms with Gasteiger partial charge in [-0.05, 0) is 0 Å². The summed E-state index contributed by atoms with van der Waals surface area (Å²) in [7, 11) is 0. The Morgan fingerprint density at radius 1 is 1.33 bits per heavy atom. The summed E-state index contributed by atoms with van der Waals surface area (Å²) >= 11 is 0. The van der Waals surface area contributed by atoms with Gasteiger partial charge in [0.2, 0.25) is 6.21 Å². The molecule has 3 nitrogen and oxygen atoms in total. The van der Waals surface area contributed by atoms with Crippen LogP contribution in [0.1, 0.15) is 25.8 Å². The number of hydrogen-bond donors (Lipinski definition) is 0. The largest absolute Gasteiger partial charge is 0.622 e. The highest BCUT2D eigenvalue weighted by Gasteiger charge is 2.35. The van der Waals surface area contributed by atoms with Crippen LogP contribution in [-0.4, -0.2) is 22.3 Å². The van der Waals surface area contributed by atoms with Gasteiger partial charge in [0.05, 0.1) is 0 Å². The van der Waals surface area contributed by atoms with Gasteiger partial charge in [0, 0.05) is 18.9 Å². The van der Waals surface area contributed by atoms with E-state index in [9.17, 15) is 5.21 Å². The highest BCUT2D eigenvalue weighted by atomic mass is 16.5. The van der Waals surface area contributed by atoms with Crippen molar-refractivity contribution in [1.29, 1.82) is 0 Å². The lowest BCUT2D eigenvalue weighted by atomic mass is 10.1. The number of hydrogen-bond acceptors (Lipinski definition) is 2. The van der Waals surface area contributed by atoms with Crippen LogP contribution in [0, 0.1) is 5.21 Å². The quantitative estimate of drug-likeness (QED) is 0.535. The third-order valence-corrected chi connectivity index (χ3v) is 2.81. The van der Waals surface area contributed by atoms with Gasteiger partial charge in [-0.1, -0.05) is 37.3 Å². The molecule has 1 aliphatic rings. The predicted molar refractivity (Wildman–Crippen MR) is 61.4 cm³/mol. The van der Waals surface area contributed by atoms with Crippen molar-refractivity contribution in [3.63, 3.8) is 0 Å². The maximum Gasteiger partial charge on any atom is 0.262 e. The molecule has 0 fully saturated rings. The van der Waals surface area contributed by atoms with Crippen LogP contribution in [0.3, 0.4) is 0 Å². The fourth-order valence-electron chi connectivity index (χ4n) is 1.57. The van der Waals surface area contributed by atoms with Gasteiger partial charge < -0.3 is 5.21 Å². The Morgan fingerprint density at radius 3 is 2.53 bits per heavy atom. The molecule has 0 radical (unpaired) electrons. The summed E-state index contributed by atoms with van der Waals surface area (Å²) < 4.78 is 0.940. The molecule has 0 bridgehead atoms. The molecule has 0 amide bonds. The Balaban J connectivity index is 2.39. The van der Waals surface area contributed by atoms with Gasteiger partial charge in [0.15, 0.2) is 0 Å². The highest BCUT2D eigenvalue weighted by Crippen LogP contribution is 2.21. The molecule has 1 atom stereocenters. The zero-order chi connectivity index (χ0) is 10.9. The fourth-order valence-corrected chi connectivity index (χ4v) is 1.57. The van der Waals surface area contributed by atoms with Crippen LogP contribution in [-0.2, 0) is 0 Å². The van der Waals surface area contributed by atoms with E-state index in [1.807, 2.05) is 44.2 Å². The van der Waals surface area contributed by atoms with Gasteiger partial charge in [-0.2, -0.15) is 4.74 Å². The summed E-state index contributed by atoms with van der Waals surface area (Å²) in [4.78, 5) is 4.46. The lowest BCUT2D eigenvalue weighted by molar-refractivity contribution is -0.534. The van der Waals surface area contributed by atoms with Gasteiger partial charge in [0.25, 0.3) is 5.66 Å². The van der Waals surface area contributed by atoms with Crippen molar-refractivity contribution in [2.45, 2.75) is 25.9 Å². The molecular weight excluding hydrogens is 188 g/mol. The minimum absolute atomic E-state index is 0.620. The first-order valence-corrected chi connectivity index (χ1v) is 5.12. The van der Waals surface area contributed by atoms with E-state index in [1.165, 1.54) is 0 Å². The molecule has 1 heterocycles. The molecule has 1 aromatic rings. The van der Waals surface area contributed by atoms with E-state index in [0.717, 1.165) is 16.0 Å². The van der Waals surface area contributed by atoms with Crippen LogP contribution < -0.4 is 0 Å². The molecule has 1 unspecified atom stereocenters. The zero-order valence-electron chi connectivity index (χ0n) is 8.97. The van der Waals surface area contributed by atoms with E-state index in [-0.39, 0.29) is 0 Å². The molecule has 2 rings (SSSR count). The zero-order valence-corrected chi connectivity index (χ0v) is 8.97. The van der Waals surface area contributed by atoms with Gasteiger partial charge in [0.1, 0.15) is 5.71 Å². The van der Waals surface area contributed by atoms with Gasteiger partial charge in [-0.15, -0.1) is 0 Å². The summed E-state index contributed by atoms with van der Waals surface area (Å²) in [6.45, 7) is 3.82. The van der Waals surface area contributed by atoms with Gasteiger partial charge >= 0.3 is 0 Å². The van der Waals surface area contributed by atoms with Crippen molar-refractivity contribution in [1.82, 2.24) is 0 Å². The first-order chi connectivity index (χ1) is 7.15. The van der Waals surface area contributed by atoms with E-state index >= 15 is 0 Å². The Kier molecular flexibility index (Phi) is 2.31. The van der Waals surface area contributed by atoms with Crippen LogP contribution in [0.5, 0.6) is 0 Å². The normalized spacial score (nSPS) is 24.9. The SMILES string of the molecule is CCC1(C)N=C(c2ccccc2)C=[N+]1[O-]. The lowest BCUT2D eigenvalue weighted by Gasteiger charge is -2.17. The molecule has 1 aromatic carbocycles. The first kappa shape index (κ1) is 9.90. The summed E-state index contributed by atoms with van der Waals surface area (Å²) in [5.74, 6) is 0. The van der Waals surface area contributed by atoms with E-state index < -0.39 is 5.66 Å². The maximum absolute atomic E-state index is 11.7.